The number of pyridine rings is 1. The molecule has 198 valence electrons. The van der Waals surface area contributed by atoms with Gasteiger partial charge in [-0.3, -0.25) is 4.79 Å². The van der Waals surface area contributed by atoms with E-state index in [2.05, 4.69) is 4.98 Å². The summed E-state index contributed by atoms with van der Waals surface area (Å²) in [5, 5.41) is 9.87. The summed E-state index contributed by atoms with van der Waals surface area (Å²) in [5.41, 5.74) is 4.30. The number of fused-ring (bicyclic) bond motifs is 3. The molecule has 8 heteroatoms. The van der Waals surface area contributed by atoms with Crippen molar-refractivity contribution >= 4 is 52.4 Å². The molecule has 4 nitrogen and oxygen atoms in total. The zero-order valence-corrected chi connectivity index (χ0v) is 22.4. The molecule has 1 N–H and O–H groups in total. The standard InChI is InChI=1S/C31H24ClF2NO3S/c32-24-14-27-19(13-26(24)34)6-8-20(35-27)7-4-18-5-9-28-22(12-18)30(39-17-31(10-11-31)15-29(36)37)21-2-1-3-25(33)23(21)16-38-28/h1-9,12-14,30H,10-11,15-17H2,(H,36,37). The van der Waals surface area contributed by atoms with Crippen molar-refractivity contribution in [2.75, 3.05) is 5.75 Å². The van der Waals surface area contributed by atoms with Gasteiger partial charge in [-0.1, -0.05) is 41.9 Å². The number of nitrogens with zero attached hydrogens (tertiary/aromatic N) is 1. The third kappa shape index (κ3) is 5.38. The minimum Gasteiger partial charge on any atom is -0.488 e. The normalized spacial score (nSPS) is 17.4. The Morgan fingerprint density at radius 2 is 1.92 bits per heavy atom. The van der Waals surface area contributed by atoms with Gasteiger partial charge in [0.2, 0.25) is 0 Å². The van der Waals surface area contributed by atoms with Gasteiger partial charge >= 0.3 is 5.97 Å². The Balaban J connectivity index is 1.33. The number of carbonyl (C=O) groups is 1. The lowest BCUT2D eigenvalue weighted by atomic mass is 9.98. The summed E-state index contributed by atoms with van der Waals surface area (Å²) in [6, 6.07) is 17.4. The van der Waals surface area contributed by atoms with Gasteiger partial charge in [-0.2, -0.15) is 0 Å². The van der Waals surface area contributed by atoms with Crippen LogP contribution in [0.1, 0.15) is 52.5 Å². The number of carboxylic acid groups (broad SMARTS) is 1. The molecule has 39 heavy (non-hydrogen) atoms. The van der Waals surface area contributed by atoms with Crippen molar-refractivity contribution in [3.05, 3.63) is 105 Å². The number of benzene rings is 3. The monoisotopic (exact) mass is 563 g/mol. The van der Waals surface area contributed by atoms with Gasteiger partial charge in [-0.05, 0) is 71.9 Å². The predicted molar refractivity (Wildman–Crippen MR) is 151 cm³/mol. The van der Waals surface area contributed by atoms with Crippen LogP contribution in [0.3, 0.4) is 0 Å². The summed E-state index contributed by atoms with van der Waals surface area (Å²) in [5.74, 6) is -0.218. The van der Waals surface area contributed by atoms with E-state index in [1.54, 1.807) is 23.9 Å². The number of thioether (sulfide) groups is 1. The highest BCUT2D eigenvalue weighted by molar-refractivity contribution is 7.99. The number of carboxylic acids is 1. The SMILES string of the molecule is O=C(O)CC1(CSC2c3cc(C=Cc4ccc5cc(F)c(Cl)cc5n4)ccc3OCc3c(F)cccc32)CC1. The van der Waals surface area contributed by atoms with Crippen LogP contribution in [0, 0.1) is 17.0 Å². The fourth-order valence-corrected chi connectivity index (χ4v) is 6.85. The maximum absolute atomic E-state index is 14.8. The lowest BCUT2D eigenvalue weighted by Gasteiger charge is -2.22. The summed E-state index contributed by atoms with van der Waals surface area (Å²) in [6.45, 7) is 0.131. The van der Waals surface area contributed by atoms with Crippen LogP contribution in [0.25, 0.3) is 23.1 Å². The molecule has 1 fully saturated rings. The highest BCUT2D eigenvalue weighted by atomic mass is 35.5. The molecule has 0 spiro atoms. The van der Waals surface area contributed by atoms with Gasteiger partial charge in [0.1, 0.15) is 24.0 Å². The van der Waals surface area contributed by atoms with Gasteiger partial charge < -0.3 is 9.84 Å². The van der Waals surface area contributed by atoms with Crippen LogP contribution in [-0.2, 0) is 11.4 Å². The van der Waals surface area contributed by atoms with Crippen molar-refractivity contribution in [2.24, 2.45) is 5.41 Å². The number of rotatable bonds is 7. The fourth-order valence-electron chi connectivity index (χ4n) is 5.02. The molecule has 1 atom stereocenters. The van der Waals surface area contributed by atoms with Gasteiger partial charge in [0.15, 0.2) is 0 Å². The van der Waals surface area contributed by atoms with Crippen LogP contribution < -0.4 is 4.74 Å². The average Bonchev–Trinajstić information content (AvgIpc) is 3.69. The van der Waals surface area contributed by atoms with E-state index in [0.29, 0.717) is 33.7 Å². The van der Waals surface area contributed by atoms with Gasteiger partial charge in [0, 0.05) is 22.3 Å². The maximum atomic E-state index is 14.8. The maximum Gasteiger partial charge on any atom is 0.303 e. The lowest BCUT2D eigenvalue weighted by Crippen LogP contribution is -2.13. The van der Waals surface area contributed by atoms with E-state index in [9.17, 15) is 18.7 Å². The Labute approximate surface area is 233 Å². The summed E-state index contributed by atoms with van der Waals surface area (Å²) in [4.78, 5) is 16.0. The fraction of sp³-hybridized carbons (Fsp3) is 0.226. The van der Waals surface area contributed by atoms with Crippen molar-refractivity contribution in [3.8, 4) is 5.75 Å². The highest BCUT2D eigenvalue weighted by Gasteiger charge is 2.45. The molecule has 0 radical (unpaired) electrons. The Morgan fingerprint density at radius 1 is 1.08 bits per heavy atom. The van der Waals surface area contributed by atoms with Crippen molar-refractivity contribution in [3.63, 3.8) is 0 Å². The van der Waals surface area contributed by atoms with E-state index in [4.69, 9.17) is 16.3 Å². The van der Waals surface area contributed by atoms with Crippen LogP contribution in [0.15, 0.2) is 60.7 Å². The number of halogens is 3. The molecule has 0 amide bonds. The number of aromatic nitrogens is 1. The lowest BCUT2D eigenvalue weighted by molar-refractivity contribution is -0.138. The molecule has 4 aromatic rings. The van der Waals surface area contributed by atoms with Gasteiger partial charge in [0.25, 0.3) is 0 Å². The van der Waals surface area contributed by atoms with E-state index >= 15 is 0 Å². The summed E-state index contributed by atoms with van der Waals surface area (Å²) >= 11 is 7.59. The number of aliphatic carboxylic acids is 1. The zero-order chi connectivity index (χ0) is 27.1. The minimum atomic E-state index is -0.786. The molecule has 3 aromatic carbocycles. The first-order valence-electron chi connectivity index (χ1n) is 12.6. The van der Waals surface area contributed by atoms with Crippen LogP contribution in [0.2, 0.25) is 5.02 Å². The van der Waals surface area contributed by atoms with Crippen molar-refractivity contribution in [1.29, 1.82) is 0 Å². The Kier molecular flexibility index (Phi) is 6.81. The molecular formula is C31H24ClF2NO3S. The topological polar surface area (TPSA) is 59.4 Å². The molecular weight excluding hydrogens is 540 g/mol. The van der Waals surface area contributed by atoms with Crippen LogP contribution in [0.5, 0.6) is 5.75 Å². The Hall–Kier alpha value is -3.42. The average molecular weight is 564 g/mol. The van der Waals surface area contributed by atoms with Gasteiger partial charge in [-0.25, -0.2) is 13.8 Å². The van der Waals surface area contributed by atoms with E-state index in [0.717, 1.165) is 29.5 Å². The van der Waals surface area contributed by atoms with Crippen molar-refractivity contribution < 1.29 is 23.4 Å². The van der Waals surface area contributed by atoms with E-state index in [-0.39, 0.29) is 34.5 Å². The molecule has 1 aliphatic carbocycles. The Bertz CT molecular complexity index is 1640. The predicted octanol–water partition coefficient (Wildman–Crippen LogP) is 8.31. The second kappa shape index (κ2) is 10.3. The molecule has 1 unspecified atom stereocenters. The molecule has 1 aliphatic heterocycles. The van der Waals surface area contributed by atoms with Gasteiger partial charge in [0.05, 0.1) is 27.9 Å². The molecule has 0 bridgehead atoms. The van der Waals surface area contributed by atoms with E-state index < -0.39 is 11.8 Å². The molecule has 1 saturated carbocycles. The molecule has 2 heterocycles. The third-order valence-electron chi connectivity index (χ3n) is 7.36. The number of hydrogen-bond donors (Lipinski definition) is 1. The van der Waals surface area contributed by atoms with Gasteiger partial charge in [-0.15, -0.1) is 11.8 Å². The summed E-state index contributed by atoms with van der Waals surface area (Å²) in [6.07, 6.45) is 5.73. The second-order valence-corrected chi connectivity index (χ2v) is 11.7. The molecule has 6 rings (SSSR count). The molecule has 0 saturated heterocycles. The van der Waals surface area contributed by atoms with Crippen LogP contribution >= 0.6 is 23.4 Å². The van der Waals surface area contributed by atoms with Crippen molar-refractivity contribution in [1.82, 2.24) is 4.98 Å². The molecule has 2 aliphatic rings. The first kappa shape index (κ1) is 25.8. The number of hydrogen-bond acceptors (Lipinski definition) is 4. The minimum absolute atomic E-state index is 0.0264. The second-order valence-electron chi connectivity index (χ2n) is 10.2. The zero-order valence-electron chi connectivity index (χ0n) is 20.8. The van der Waals surface area contributed by atoms with E-state index in [1.165, 1.54) is 18.2 Å². The quantitative estimate of drug-likeness (QED) is 0.245. The number of ether oxygens (including phenoxy) is 1. The van der Waals surface area contributed by atoms with Crippen molar-refractivity contribution in [2.45, 2.75) is 31.1 Å². The highest BCUT2D eigenvalue weighted by Crippen LogP contribution is 2.55. The summed E-state index contributed by atoms with van der Waals surface area (Å²) in [7, 11) is 0. The first-order valence-corrected chi connectivity index (χ1v) is 14.0. The Morgan fingerprint density at radius 3 is 2.72 bits per heavy atom. The van der Waals surface area contributed by atoms with Crippen LogP contribution in [-0.4, -0.2) is 21.8 Å². The van der Waals surface area contributed by atoms with Crippen LogP contribution in [0.4, 0.5) is 8.78 Å². The van der Waals surface area contributed by atoms with E-state index in [1.807, 2.05) is 42.5 Å². The molecule has 1 aromatic heterocycles. The summed E-state index contributed by atoms with van der Waals surface area (Å²) < 4.78 is 34.7. The first-order chi connectivity index (χ1) is 18.8. The third-order valence-corrected chi connectivity index (χ3v) is 9.27. The smallest absolute Gasteiger partial charge is 0.303 e. The largest absolute Gasteiger partial charge is 0.488 e.